The van der Waals surface area contributed by atoms with E-state index >= 15 is 0 Å². The third-order valence-electron chi connectivity index (χ3n) is 7.05. The lowest BCUT2D eigenvalue weighted by Crippen LogP contribution is -2.27. The molecule has 6 aromatic carbocycles. The van der Waals surface area contributed by atoms with Crippen molar-refractivity contribution in [3.05, 3.63) is 188 Å². The highest BCUT2D eigenvalue weighted by atomic mass is 15.1. The molecule has 222 valence electrons. The molecule has 6 rings (SSSR count). The molecule has 0 radical (unpaired) electrons. The van der Waals surface area contributed by atoms with Gasteiger partial charge < -0.3 is 15.1 Å². The number of nitrogens with one attached hydrogen (secondary N) is 1. The average molecular weight is 578 g/mol. The molecule has 0 aromatic heterocycles. The minimum Gasteiger partial charge on any atom is -0.378 e. The van der Waals surface area contributed by atoms with Crippen molar-refractivity contribution in [2.45, 2.75) is 19.4 Å². The van der Waals surface area contributed by atoms with Crippen molar-refractivity contribution in [2.24, 2.45) is 0 Å². The molecule has 0 spiro atoms. The molecule has 0 heterocycles. The van der Waals surface area contributed by atoms with Gasteiger partial charge in [0.05, 0.1) is 5.54 Å². The van der Waals surface area contributed by atoms with Gasteiger partial charge in [0.1, 0.15) is 0 Å². The van der Waals surface area contributed by atoms with Crippen LogP contribution in [0.25, 0.3) is 0 Å². The van der Waals surface area contributed by atoms with E-state index < -0.39 is 0 Å². The van der Waals surface area contributed by atoms with Crippen LogP contribution in [0.3, 0.4) is 0 Å². The molecule has 1 N–H and O–H groups in total. The van der Waals surface area contributed by atoms with Crippen LogP contribution in [0.15, 0.2) is 182 Å². The fourth-order valence-corrected chi connectivity index (χ4v) is 4.69. The summed E-state index contributed by atoms with van der Waals surface area (Å²) >= 11 is 0. The van der Waals surface area contributed by atoms with Gasteiger partial charge in [-0.05, 0) is 80.1 Å². The summed E-state index contributed by atoms with van der Waals surface area (Å²) in [5.74, 6) is 0. The molecule has 3 heteroatoms. The van der Waals surface area contributed by atoms with Gasteiger partial charge in [-0.3, -0.25) is 0 Å². The largest absolute Gasteiger partial charge is 0.378 e. The molecule has 0 saturated carbocycles. The third kappa shape index (κ3) is 9.64. The summed E-state index contributed by atoms with van der Waals surface area (Å²) in [4.78, 5) is 4.36. The second-order valence-electron chi connectivity index (χ2n) is 11.1. The normalized spacial score (nSPS) is 10.3. The number of nitrogens with zero attached hydrogens (tertiary/aromatic N) is 2. The Morgan fingerprint density at radius 2 is 0.705 bits per heavy atom. The van der Waals surface area contributed by atoms with Crippen molar-refractivity contribution in [3.63, 3.8) is 0 Å². The van der Waals surface area contributed by atoms with Crippen molar-refractivity contribution >= 4 is 28.4 Å². The molecule has 0 bridgehead atoms. The molecule has 0 fully saturated rings. The van der Waals surface area contributed by atoms with Crippen LogP contribution in [0.1, 0.15) is 19.4 Å². The molecule has 44 heavy (non-hydrogen) atoms. The zero-order valence-corrected chi connectivity index (χ0v) is 26.2. The van der Waals surface area contributed by atoms with Crippen LogP contribution < -0.4 is 15.1 Å². The Bertz CT molecular complexity index is 1520. The number of para-hydroxylation sites is 4. The van der Waals surface area contributed by atoms with Gasteiger partial charge in [0.15, 0.2) is 0 Å². The summed E-state index contributed by atoms with van der Waals surface area (Å²) in [7, 11) is 4.07. The second kappa shape index (κ2) is 16.4. The Hall–Kier alpha value is -5.28. The first kappa shape index (κ1) is 31.7. The summed E-state index contributed by atoms with van der Waals surface area (Å²) < 4.78 is 0. The van der Waals surface area contributed by atoms with Crippen molar-refractivity contribution in [1.82, 2.24) is 0 Å². The molecule has 0 aliphatic carbocycles. The molecular formula is C41H43N3. The van der Waals surface area contributed by atoms with E-state index in [-0.39, 0.29) is 5.54 Å². The summed E-state index contributed by atoms with van der Waals surface area (Å²) in [5, 5.41) is 3.63. The lowest BCUT2D eigenvalue weighted by Gasteiger charge is -2.30. The van der Waals surface area contributed by atoms with E-state index in [0.717, 1.165) is 22.7 Å². The van der Waals surface area contributed by atoms with Crippen LogP contribution in [0.5, 0.6) is 0 Å². The molecule has 6 aromatic rings. The maximum absolute atomic E-state index is 3.63. The lowest BCUT2D eigenvalue weighted by molar-refractivity contribution is 0.609. The van der Waals surface area contributed by atoms with Gasteiger partial charge in [-0.1, -0.05) is 121 Å². The fraction of sp³-hybridized carbons (Fsp3) is 0.122. The van der Waals surface area contributed by atoms with E-state index in [2.05, 4.69) is 138 Å². The Morgan fingerprint density at radius 3 is 1.07 bits per heavy atom. The van der Waals surface area contributed by atoms with Gasteiger partial charge in [0.2, 0.25) is 0 Å². The van der Waals surface area contributed by atoms with Crippen LogP contribution in [-0.4, -0.2) is 14.1 Å². The van der Waals surface area contributed by atoms with Gasteiger partial charge >= 0.3 is 0 Å². The predicted molar refractivity (Wildman–Crippen MR) is 191 cm³/mol. The Labute approximate surface area is 264 Å². The van der Waals surface area contributed by atoms with Gasteiger partial charge in [0.25, 0.3) is 0 Å². The quantitative estimate of drug-likeness (QED) is 0.204. The Morgan fingerprint density at radius 1 is 0.386 bits per heavy atom. The highest BCUT2D eigenvalue weighted by Crippen LogP contribution is 2.35. The van der Waals surface area contributed by atoms with Gasteiger partial charge in [0, 0.05) is 42.5 Å². The standard InChI is InChI=1S/C27H26N2.C8H11N.C6H6/c1-27(2,28-23-12-6-3-7-13-23)22-18-20-26(21-19-22)29(24-14-8-4-9-15-24)25-16-10-5-11-17-25;1-9(2)8-6-4-3-5-7-8;1-2-4-6-5-3-1/h3-21,28H,1-2H3;3-7H,1-2H3;1-6H. The SMILES string of the molecule is CC(C)(Nc1ccccc1)c1ccc(N(c2ccccc2)c2ccccc2)cc1.CN(C)c1ccccc1.c1ccccc1. The van der Waals surface area contributed by atoms with E-state index in [1.54, 1.807) is 0 Å². The van der Waals surface area contributed by atoms with Crippen molar-refractivity contribution in [1.29, 1.82) is 0 Å². The molecule has 3 nitrogen and oxygen atoms in total. The zero-order valence-electron chi connectivity index (χ0n) is 26.2. The van der Waals surface area contributed by atoms with Gasteiger partial charge in [-0.15, -0.1) is 0 Å². The fourth-order valence-electron chi connectivity index (χ4n) is 4.69. The lowest BCUT2D eigenvalue weighted by atomic mass is 9.93. The molecule has 0 aliphatic rings. The predicted octanol–water partition coefficient (Wildman–Crippen LogP) is 10.9. The van der Waals surface area contributed by atoms with Crippen LogP contribution in [0, 0.1) is 0 Å². The first-order valence-corrected chi connectivity index (χ1v) is 15.0. The van der Waals surface area contributed by atoms with E-state index in [1.165, 1.54) is 11.3 Å². The minimum absolute atomic E-state index is 0.176. The van der Waals surface area contributed by atoms with Crippen LogP contribution in [0.4, 0.5) is 28.4 Å². The third-order valence-corrected chi connectivity index (χ3v) is 7.05. The molecule has 0 saturated heterocycles. The van der Waals surface area contributed by atoms with Crippen LogP contribution in [0.2, 0.25) is 0 Å². The zero-order chi connectivity index (χ0) is 31.0. The number of hydrogen-bond acceptors (Lipinski definition) is 3. The second-order valence-corrected chi connectivity index (χ2v) is 11.1. The molecule has 0 atom stereocenters. The number of rotatable bonds is 7. The van der Waals surface area contributed by atoms with Crippen LogP contribution in [-0.2, 0) is 5.54 Å². The number of hydrogen-bond donors (Lipinski definition) is 1. The monoisotopic (exact) mass is 577 g/mol. The van der Waals surface area contributed by atoms with Crippen molar-refractivity contribution in [2.75, 3.05) is 29.2 Å². The minimum atomic E-state index is -0.176. The Balaban J connectivity index is 0.000000240. The van der Waals surface area contributed by atoms with E-state index in [4.69, 9.17) is 0 Å². The Kier molecular flexibility index (Phi) is 11.8. The molecule has 0 aliphatic heterocycles. The van der Waals surface area contributed by atoms with Crippen molar-refractivity contribution in [3.8, 4) is 0 Å². The smallest absolute Gasteiger partial charge is 0.0569 e. The van der Waals surface area contributed by atoms with Gasteiger partial charge in [-0.25, -0.2) is 0 Å². The highest BCUT2D eigenvalue weighted by Gasteiger charge is 2.21. The highest BCUT2D eigenvalue weighted by molar-refractivity contribution is 5.76. The number of anilines is 5. The first-order valence-electron chi connectivity index (χ1n) is 15.0. The van der Waals surface area contributed by atoms with E-state index in [0.29, 0.717) is 0 Å². The maximum atomic E-state index is 3.63. The summed E-state index contributed by atoms with van der Waals surface area (Å²) in [6.07, 6.45) is 0. The van der Waals surface area contributed by atoms with Crippen molar-refractivity contribution < 1.29 is 0 Å². The topological polar surface area (TPSA) is 18.5 Å². The maximum Gasteiger partial charge on any atom is 0.0569 e. The van der Waals surface area contributed by atoms with Gasteiger partial charge in [-0.2, -0.15) is 0 Å². The molecule has 0 unspecified atom stereocenters. The molecular weight excluding hydrogens is 534 g/mol. The van der Waals surface area contributed by atoms with E-state index in [1.807, 2.05) is 86.9 Å². The first-order chi connectivity index (χ1) is 21.4. The van der Waals surface area contributed by atoms with Crippen LogP contribution >= 0.6 is 0 Å². The summed E-state index contributed by atoms with van der Waals surface area (Å²) in [5.41, 5.74) is 6.87. The molecule has 0 amide bonds. The summed E-state index contributed by atoms with van der Waals surface area (Å²) in [6.45, 7) is 4.42. The average Bonchev–Trinajstić information content (AvgIpc) is 3.08. The summed E-state index contributed by atoms with van der Waals surface area (Å²) in [6, 6.07) is 62.4. The number of benzene rings is 6. The van der Waals surface area contributed by atoms with E-state index in [9.17, 15) is 0 Å².